The molecule has 0 radical (unpaired) electrons. The molecular formula is C16H15N3O5S. The van der Waals surface area contributed by atoms with Gasteiger partial charge in [-0.25, -0.2) is 0 Å². The van der Waals surface area contributed by atoms with E-state index >= 15 is 0 Å². The van der Waals surface area contributed by atoms with Gasteiger partial charge in [0.1, 0.15) is 0 Å². The highest BCUT2D eigenvalue weighted by molar-refractivity contribution is 8.14. The summed E-state index contributed by atoms with van der Waals surface area (Å²) in [6, 6.07) is 6.52. The zero-order chi connectivity index (χ0) is 18.0. The van der Waals surface area contributed by atoms with Gasteiger partial charge in [-0.15, -0.1) is 0 Å². The van der Waals surface area contributed by atoms with Gasteiger partial charge in [-0.3, -0.25) is 33.8 Å². The van der Waals surface area contributed by atoms with Crippen molar-refractivity contribution in [1.29, 1.82) is 0 Å². The van der Waals surface area contributed by atoms with Crippen molar-refractivity contribution < 1.29 is 24.0 Å². The first kappa shape index (κ1) is 17.2. The highest BCUT2D eigenvalue weighted by Crippen LogP contribution is 2.22. The standard InChI is InChI=1S/C16H15N3O5S/c20-12(17-6-8-18-13(21)9-25-16(18)24)5-7-19-14(22)10-3-1-2-4-11(10)15(19)23/h1-4H,5-9H2,(H,17,20). The number of thioether (sulfide) groups is 1. The number of nitrogens with zero attached hydrogens (tertiary/aromatic N) is 2. The van der Waals surface area contributed by atoms with Gasteiger partial charge >= 0.3 is 0 Å². The van der Waals surface area contributed by atoms with Crippen LogP contribution in [0.4, 0.5) is 4.79 Å². The van der Waals surface area contributed by atoms with Gasteiger partial charge < -0.3 is 5.32 Å². The minimum absolute atomic E-state index is 0.0182. The first-order valence-electron chi connectivity index (χ1n) is 7.68. The van der Waals surface area contributed by atoms with Crippen molar-refractivity contribution in [3.8, 4) is 0 Å². The van der Waals surface area contributed by atoms with E-state index in [1.807, 2.05) is 0 Å². The van der Waals surface area contributed by atoms with E-state index in [0.717, 1.165) is 21.6 Å². The van der Waals surface area contributed by atoms with Gasteiger partial charge in [0.25, 0.3) is 17.1 Å². The molecule has 8 nitrogen and oxygen atoms in total. The maximum Gasteiger partial charge on any atom is 0.288 e. The average Bonchev–Trinajstić information content (AvgIpc) is 3.05. The van der Waals surface area contributed by atoms with E-state index in [9.17, 15) is 24.0 Å². The van der Waals surface area contributed by atoms with E-state index < -0.39 is 11.8 Å². The maximum atomic E-state index is 12.2. The second-order valence-corrected chi connectivity index (χ2v) is 6.43. The van der Waals surface area contributed by atoms with E-state index in [-0.39, 0.29) is 48.9 Å². The van der Waals surface area contributed by atoms with Gasteiger partial charge in [-0.05, 0) is 12.1 Å². The van der Waals surface area contributed by atoms with Gasteiger partial charge in [0.15, 0.2) is 0 Å². The number of hydrogen-bond donors (Lipinski definition) is 1. The molecule has 2 heterocycles. The zero-order valence-electron chi connectivity index (χ0n) is 13.2. The summed E-state index contributed by atoms with van der Waals surface area (Å²) in [5.74, 6) is -1.30. The summed E-state index contributed by atoms with van der Waals surface area (Å²) in [6.45, 7) is 0.234. The van der Waals surface area contributed by atoms with E-state index in [2.05, 4.69) is 5.32 Å². The van der Waals surface area contributed by atoms with Gasteiger partial charge in [0, 0.05) is 26.1 Å². The quantitative estimate of drug-likeness (QED) is 0.740. The molecule has 1 saturated heterocycles. The Morgan fingerprint density at radius 1 is 1.00 bits per heavy atom. The van der Waals surface area contributed by atoms with Crippen molar-refractivity contribution >= 4 is 40.6 Å². The molecule has 1 N–H and O–H groups in total. The van der Waals surface area contributed by atoms with E-state index in [4.69, 9.17) is 0 Å². The van der Waals surface area contributed by atoms with Gasteiger partial charge in [0.05, 0.1) is 16.9 Å². The van der Waals surface area contributed by atoms with E-state index in [1.54, 1.807) is 24.3 Å². The second kappa shape index (κ2) is 7.06. The predicted molar refractivity (Wildman–Crippen MR) is 89.0 cm³/mol. The van der Waals surface area contributed by atoms with Crippen molar-refractivity contribution in [1.82, 2.24) is 15.1 Å². The van der Waals surface area contributed by atoms with Crippen LogP contribution in [0.15, 0.2) is 24.3 Å². The number of rotatable bonds is 6. The van der Waals surface area contributed by atoms with Crippen LogP contribution in [0.1, 0.15) is 27.1 Å². The molecule has 1 aromatic carbocycles. The molecule has 0 aliphatic carbocycles. The fraction of sp³-hybridized carbons (Fsp3) is 0.312. The number of imide groups is 2. The predicted octanol–water partition coefficient (Wildman–Crippen LogP) is 0.484. The van der Waals surface area contributed by atoms with Crippen molar-refractivity contribution in [2.45, 2.75) is 6.42 Å². The zero-order valence-corrected chi connectivity index (χ0v) is 14.0. The molecule has 3 rings (SSSR count). The Bertz CT molecular complexity index is 728. The van der Waals surface area contributed by atoms with Crippen molar-refractivity contribution in [2.75, 3.05) is 25.4 Å². The summed E-state index contributed by atoms with van der Waals surface area (Å²) in [7, 11) is 0. The van der Waals surface area contributed by atoms with Gasteiger partial charge in [-0.1, -0.05) is 23.9 Å². The fourth-order valence-electron chi connectivity index (χ4n) is 2.65. The highest BCUT2D eigenvalue weighted by Gasteiger charge is 2.35. The SMILES string of the molecule is O=C(CCN1C(=O)c2ccccc2C1=O)NCCN1C(=O)CSC1=O. The molecule has 0 spiro atoms. The number of carbonyl (C=O) groups excluding carboxylic acids is 5. The molecule has 0 atom stereocenters. The molecule has 2 aliphatic heterocycles. The lowest BCUT2D eigenvalue weighted by Gasteiger charge is -2.15. The molecule has 2 aliphatic rings. The lowest BCUT2D eigenvalue weighted by molar-refractivity contribution is -0.125. The Kier molecular flexibility index (Phi) is 4.84. The summed E-state index contributed by atoms with van der Waals surface area (Å²) in [6.07, 6.45) is -0.0396. The Labute approximate surface area is 147 Å². The van der Waals surface area contributed by atoms with Crippen LogP contribution in [-0.2, 0) is 9.59 Å². The number of nitrogens with one attached hydrogen (secondary N) is 1. The minimum atomic E-state index is -0.404. The Morgan fingerprint density at radius 3 is 2.20 bits per heavy atom. The normalized spacial score (nSPS) is 16.6. The number of benzene rings is 1. The Morgan fingerprint density at radius 2 is 1.64 bits per heavy atom. The lowest BCUT2D eigenvalue weighted by atomic mass is 10.1. The van der Waals surface area contributed by atoms with E-state index in [0.29, 0.717) is 11.1 Å². The Hall–Kier alpha value is -2.68. The first-order valence-corrected chi connectivity index (χ1v) is 8.66. The second-order valence-electron chi connectivity index (χ2n) is 5.51. The summed E-state index contributed by atoms with van der Waals surface area (Å²) in [5.41, 5.74) is 0.688. The topological polar surface area (TPSA) is 104 Å². The number of hydrogen-bond acceptors (Lipinski definition) is 6. The molecule has 1 aromatic rings. The van der Waals surface area contributed by atoms with E-state index in [1.165, 1.54) is 0 Å². The van der Waals surface area contributed by atoms with Crippen molar-refractivity contribution in [3.63, 3.8) is 0 Å². The van der Waals surface area contributed by atoms with Crippen LogP contribution >= 0.6 is 11.8 Å². The van der Waals surface area contributed by atoms with Crippen LogP contribution in [0.5, 0.6) is 0 Å². The molecule has 0 unspecified atom stereocenters. The Balaban J connectivity index is 1.45. The van der Waals surface area contributed by atoms with Crippen molar-refractivity contribution in [2.24, 2.45) is 0 Å². The summed E-state index contributed by atoms with van der Waals surface area (Å²) in [4.78, 5) is 61.2. The molecule has 9 heteroatoms. The molecular weight excluding hydrogens is 346 g/mol. The molecule has 0 bridgehead atoms. The van der Waals surface area contributed by atoms with Crippen LogP contribution < -0.4 is 5.32 Å². The van der Waals surface area contributed by atoms with Gasteiger partial charge in [-0.2, -0.15) is 0 Å². The average molecular weight is 361 g/mol. The lowest BCUT2D eigenvalue weighted by Crippen LogP contribution is -2.39. The summed E-state index contributed by atoms with van der Waals surface area (Å²) in [5, 5.41) is 2.27. The van der Waals surface area contributed by atoms with Crippen LogP contribution in [0.2, 0.25) is 0 Å². The largest absolute Gasteiger partial charge is 0.354 e. The fourth-order valence-corrected chi connectivity index (χ4v) is 3.40. The van der Waals surface area contributed by atoms with Crippen LogP contribution in [0, 0.1) is 0 Å². The van der Waals surface area contributed by atoms with Crippen LogP contribution in [0.25, 0.3) is 0 Å². The van der Waals surface area contributed by atoms with Crippen molar-refractivity contribution in [3.05, 3.63) is 35.4 Å². The third-order valence-electron chi connectivity index (χ3n) is 3.94. The molecule has 5 amide bonds. The summed E-state index contributed by atoms with van der Waals surface area (Å²) < 4.78 is 0. The molecule has 0 aromatic heterocycles. The minimum Gasteiger partial charge on any atom is -0.354 e. The van der Waals surface area contributed by atoms with Gasteiger partial charge in [0.2, 0.25) is 11.8 Å². The number of carbonyl (C=O) groups is 5. The first-order chi connectivity index (χ1) is 12.0. The molecule has 0 saturated carbocycles. The molecule has 130 valence electrons. The van der Waals surface area contributed by atoms with Crippen LogP contribution in [0.3, 0.4) is 0 Å². The molecule has 1 fully saturated rings. The van der Waals surface area contributed by atoms with Crippen LogP contribution in [-0.4, -0.2) is 64.1 Å². The third kappa shape index (κ3) is 3.41. The number of amides is 5. The third-order valence-corrected chi connectivity index (χ3v) is 4.80. The smallest absolute Gasteiger partial charge is 0.288 e. The molecule has 25 heavy (non-hydrogen) atoms. The maximum absolute atomic E-state index is 12.2. The summed E-state index contributed by atoms with van der Waals surface area (Å²) >= 11 is 0.937. The highest BCUT2D eigenvalue weighted by atomic mass is 32.2. The number of fused-ring (bicyclic) bond motifs is 1. The monoisotopic (exact) mass is 361 g/mol.